The van der Waals surface area contributed by atoms with E-state index in [1.165, 1.54) is 6.07 Å². The van der Waals surface area contributed by atoms with Gasteiger partial charge in [-0.05, 0) is 18.2 Å². The summed E-state index contributed by atoms with van der Waals surface area (Å²) in [7, 11) is 0. The van der Waals surface area contributed by atoms with E-state index in [-0.39, 0.29) is 10.0 Å². The number of rotatable bonds is 1. The van der Waals surface area contributed by atoms with Crippen LogP contribution in [0, 0.1) is 0 Å². The van der Waals surface area contributed by atoms with Crippen molar-refractivity contribution in [3.05, 3.63) is 33.8 Å². The summed E-state index contributed by atoms with van der Waals surface area (Å²) in [4.78, 5) is 10.8. The standard InChI is InChI=1S/C8H3Cl2F3O/c9-4-1-2-6(10)5(3-4)7(14)8(11,12)13/h1-3H. The van der Waals surface area contributed by atoms with Crippen LogP contribution in [0.15, 0.2) is 18.2 Å². The Bertz CT molecular complexity index is 373. The molecule has 0 aromatic heterocycles. The zero-order chi connectivity index (χ0) is 10.9. The third-order valence-electron chi connectivity index (χ3n) is 1.43. The molecule has 14 heavy (non-hydrogen) atoms. The first-order valence-corrected chi connectivity index (χ1v) is 4.14. The van der Waals surface area contributed by atoms with Crippen molar-refractivity contribution in [1.29, 1.82) is 0 Å². The Kier molecular flexibility index (Phi) is 3.07. The van der Waals surface area contributed by atoms with Crippen molar-refractivity contribution in [2.24, 2.45) is 0 Å². The highest BCUT2D eigenvalue weighted by Gasteiger charge is 2.40. The lowest BCUT2D eigenvalue weighted by atomic mass is 10.1. The second kappa shape index (κ2) is 3.79. The Morgan fingerprint density at radius 2 is 1.79 bits per heavy atom. The SMILES string of the molecule is O=C(c1cc(Cl)ccc1Cl)C(F)(F)F. The first-order valence-electron chi connectivity index (χ1n) is 3.39. The normalized spacial score (nSPS) is 11.5. The number of hydrogen-bond donors (Lipinski definition) is 0. The fraction of sp³-hybridized carbons (Fsp3) is 0.125. The number of halogens is 5. The Morgan fingerprint density at radius 1 is 1.21 bits per heavy atom. The van der Waals surface area contributed by atoms with Crippen LogP contribution in [0.25, 0.3) is 0 Å². The monoisotopic (exact) mass is 242 g/mol. The third kappa shape index (κ3) is 2.39. The Labute approximate surface area is 87.4 Å². The fourth-order valence-electron chi connectivity index (χ4n) is 0.824. The van der Waals surface area contributed by atoms with Gasteiger partial charge in [-0.15, -0.1) is 0 Å². The summed E-state index contributed by atoms with van der Waals surface area (Å²) < 4.78 is 36.0. The van der Waals surface area contributed by atoms with Gasteiger partial charge >= 0.3 is 6.18 Å². The van der Waals surface area contributed by atoms with E-state index >= 15 is 0 Å². The van der Waals surface area contributed by atoms with Gasteiger partial charge in [0.2, 0.25) is 0 Å². The molecule has 0 aliphatic rings. The van der Waals surface area contributed by atoms with Crippen LogP contribution in [0.5, 0.6) is 0 Å². The molecule has 0 fully saturated rings. The molecule has 0 unspecified atom stereocenters. The van der Waals surface area contributed by atoms with Gasteiger partial charge in [-0.1, -0.05) is 23.2 Å². The third-order valence-corrected chi connectivity index (χ3v) is 2.00. The van der Waals surface area contributed by atoms with Gasteiger partial charge in [0, 0.05) is 10.6 Å². The molecule has 1 aromatic carbocycles. The van der Waals surface area contributed by atoms with Crippen molar-refractivity contribution < 1.29 is 18.0 Å². The van der Waals surface area contributed by atoms with Crippen LogP contribution in [0.2, 0.25) is 10.0 Å². The molecule has 0 saturated carbocycles. The molecule has 0 saturated heterocycles. The average Bonchev–Trinajstić information content (AvgIpc) is 2.06. The predicted octanol–water partition coefficient (Wildman–Crippen LogP) is 3.74. The fourth-order valence-corrected chi connectivity index (χ4v) is 1.20. The molecule has 6 heteroatoms. The van der Waals surface area contributed by atoms with Crippen molar-refractivity contribution in [1.82, 2.24) is 0 Å². The van der Waals surface area contributed by atoms with Crippen molar-refractivity contribution in [3.8, 4) is 0 Å². The molecule has 0 radical (unpaired) electrons. The van der Waals surface area contributed by atoms with Crippen molar-refractivity contribution in [2.75, 3.05) is 0 Å². The van der Waals surface area contributed by atoms with Gasteiger partial charge in [0.1, 0.15) is 0 Å². The molecule has 76 valence electrons. The molecule has 0 heterocycles. The largest absolute Gasteiger partial charge is 0.454 e. The maximum absolute atomic E-state index is 12.0. The first kappa shape index (κ1) is 11.3. The van der Waals surface area contributed by atoms with Crippen LogP contribution < -0.4 is 0 Å². The molecular formula is C8H3Cl2F3O. The van der Waals surface area contributed by atoms with Crippen LogP contribution in [0.1, 0.15) is 10.4 Å². The molecule has 0 amide bonds. The minimum atomic E-state index is -4.94. The van der Waals surface area contributed by atoms with E-state index in [0.29, 0.717) is 0 Å². The van der Waals surface area contributed by atoms with Gasteiger partial charge in [0.05, 0.1) is 5.02 Å². The van der Waals surface area contributed by atoms with Crippen molar-refractivity contribution >= 4 is 29.0 Å². The summed E-state index contributed by atoms with van der Waals surface area (Å²) in [6.07, 6.45) is -4.94. The highest BCUT2D eigenvalue weighted by atomic mass is 35.5. The van der Waals surface area contributed by atoms with Gasteiger partial charge in [0.25, 0.3) is 5.78 Å². The van der Waals surface area contributed by atoms with Crippen molar-refractivity contribution in [3.63, 3.8) is 0 Å². The van der Waals surface area contributed by atoms with E-state index in [0.717, 1.165) is 12.1 Å². The minimum Gasteiger partial charge on any atom is -0.284 e. The zero-order valence-corrected chi connectivity index (χ0v) is 8.04. The predicted molar refractivity (Wildman–Crippen MR) is 46.8 cm³/mol. The molecule has 1 aromatic rings. The van der Waals surface area contributed by atoms with Gasteiger partial charge < -0.3 is 0 Å². The lowest BCUT2D eigenvalue weighted by Crippen LogP contribution is -2.23. The Hall–Kier alpha value is -0.740. The van der Waals surface area contributed by atoms with Gasteiger partial charge in [-0.3, -0.25) is 4.79 Å². The summed E-state index contributed by atoms with van der Waals surface area (Å²) >= 11 is 10.9. The highest BCUT2D eigenvalue weighted by Crippen LogP contribution is 2.28. The van der Waals surface area contributed by atoms with Crippen LogP contribution in [-0.2, 0) is 0 Å². The molecule has 0 bridgehead atoms. The second-order valence-corrected chi connectivity index (χ2v) is 3.29. The minimum absolute atomic E-state index is 0.0296. The lowest BCUT2D eigenvalue weighted by molar-refractivity contribution is -0.0885. The number of carbonyl (C=O) groups excluding carboxylic acids is 1. The number of Topliss-reactive ketones (excluding diaryl/α,β-unsaturated/α-hetero) is 1. The lowest BCUT2D eigenvalue weighted by Gasteiger charge is -2.06. The number of alkyl halides is 3. The second-order valence-electron chi connectivity index (χ2n) is 2.45. The van der Waals surface area contributed by atoms with Gasteiger partial charge in [-0.25, -0.2) is 0 Å². The van der Waals surface area contributed by atoms with E-state index in [9.17, 15) is 18.0 Å². The highest BCUT2D eigenvalue weighted by molar-refractivity contribution is 6.36. The van der Waals surface area contributed by atoms with E-state index in [1.54, 1.807) is 0 Å². The maximum Gasteiger partial charge on any atom is 0.454 e. The topological polar surface area (TPSA) is 17.1 Å². The van der Waals surface area contributed by atoms with Gasteiger partial charge in [0.15, 0.2) is 0 Å². The molecule has 1 nitrogen and oxygen atoms in total. The number of benzene rings is 1. The van der Waals surface area contributed by atoms with Crippen LogP contribution >= 0.6 is 23.2 Å². The van der Waals surface area contributed by atoms with Crippen LogP contribution in [0.4, 0.5) is 13.2 Å². The molecule has 0 aliphatic heterocycles. The molecule has 0 aliphatic carbocycles. The van der Waals surface area contributed by atoms with Crippen LogP contribution in [-0.4, -0.2) is 12.0 Å². The first-order chi connectivity index (χ1) is 6.32. The summed E-state index contributed by atoms with van der Waals surface area (Å²) in [5.41, 5.74) is -0.633. The summed E-state index contributed by atoms with van der Waals surface area (Å²) in [6, 6.07) is 3.33. The molecular weight excluding hydrogens is 240 g/mol. The molecule has 1 rings (SSSR count). The molecule has 0 atom stereocenters. The average molecular weight is 243 g/mol. The quantitative estimate of drug-likeness (QED) is 0.686. The van der Waals surface area contributed by atoms with Crippen LogP contribution in [0.3, 0.4) is 0 Å². The number of ketones is 1. The summed E-state index contributed by atoms with van der Waals surface area (Å²) in [5.74, 6) is -2.00. The molecule has 0 spiro atoms. The Balaban J connectivity index is 3.19. The Morgan fingerprint density at radius 3 is 2.29 bits per heavy atom. The van der Waals surface area contributed by atoms with E-state index < -0.39 is 17.5 Å². The number of hydrogen-bond acceptors (Lipinski definition) is 1. The zero-order valence-electron chi connectivity index (χ0n) is 6.53. The van der Waals surface area contributed by atoms with Crippen molar-refractivity contribution in [2.45, 2.75) is 6.18 Å². The smallest absolute Gasteiger partial charge is 0.284 e. The maximum atomic E-state index is 12.0. The summed E-state index contributed by atoms with van der Waals surface area (Å²) in [6.45, 7) is 0. The van der Waals surface area contributed by atoms with Gasteiger partial charge in [-0.2, -0.15) is 13.2 Å². The summed E-state index contributed by atoms with van der Waals surface area (Å²) in [5, 5.41) is -0.237. The number of carbonyl (C=O) groups is 1. The van der Waals surface area contributed by atoms with E-state index in [4.69, 9.17) is 23.2 Å². The van der Waals surface area contributed by atoms with E-state index in [1.807, 2.05) is 0 Å². The molecule has 0 N–H and O–H groups in total. The van der Waals surface area contributed by atoms with E-state index in [2.05, 4.69) is 0 Å².